The highest BCUT2D eigenvalue weighted by Gasteiger charge is 2.29. The average molecular weight is 405 g/mol. The number of fused-ring (bicyclic) bond motifs is 1. The molecule has 0 aromatic heterocycles. The number of carbonyl (C=O) groups excluding carboxylic acids is 3. The van der Waals surface area contributed by atoms with Crippen molar-refractivity contribution in [3.63, 3.8) is 0 Å². The quantitative estimate of drug-likeness (QED) is 0.774. The maximum absolute atomic E-state index is 13.0. The molecule has 1 atom stereocenters. The van der Waals surface area contributed by atoms with Crippen LogP contribution < -0.4 is 5.32 Å². The van der Waals surface area contributed by atoms with Crippen molar-refractivity contribution in [2.75, 3.05) is 13.1 Å². The van der Waals surface area contributed by atoms with Gasteiger partial charge in [0.2, 0.25) is 11.8 Å². The lowest BCUT2D eigenvalue weighted by Gasteiger charge is -2.29. The van der Waals surface area contributed by atoms with E-state index in [-0.39, 0.29) is 42.9 Å². The molecule has 0 radical (unpaired) electrons. The molecule has 1 fully saturated rings. The number of nitrogens with one attached hydrogen (secondary N) is 1. The second kappa shape index (κ2) is 9.24. The van der Waals surface area contributed by atoms with Gasteiger partial charge in [0, 0.05) is 31.5 Å². The van der Waals surface area contributed by atoms with Crippen molar-refractivity contribution in [3.05, 3.63) is 70.8 Å². The Balaban J connectivity index is 1.44. The van der Waals surface area contributed by atoms with Gasteiger partial charge in [-0.2, -0.15) is 0 Å². The minimum Gasteiger partial charge on any atom is -0.354 e. The second-order valence-electron chi connectivity index (χ2n) is 8.18. The maximum atomic E-state index is 13.0. The SMILES string of the molecule is O=C1CC(c2ccccc2)N(C(=O)CCC(=O)c2ccc3c(c2)CCCC3)CCN1. The third kappa shape index (κ3) is 4.61. The van der Waals surface area contributed by atoms with Crippen LogP contribution in [0.25, 0.3) is 0 Å². The van der Waals surface area contributed by atoms with Crippen molar-refractivity contribution in [2.45, 2.75) is 51.0 Å². The fourth-order valence-corrected chi connectivity index (χ4v) is 4.52. The molecule has 0 spiro atoms. The summed E-state index contributed by atoms with van der Waals surface area (Å²) in [6.07, 6.45) is 5.10. The Labute approximate surface area is 177 Å². The Kier molecular flexibility index (Phi) is 6.26. The van der Waals surface area contributed by atoms with Gasteiger partial charge in [-0.3, -0.25) is 14.4 Å². The fourth-order valence-electron chi connectivity index (χ4n) is 4.52. The minimum absolute atomic E-state index is 0.0111. The third-order valence-electron chi connectivity index (χ3n) is 6.17. The van der Waals surface area contributed by atoms with Crippen LogP contribution in [0.4, 0.5) is 0 Å². The number of hydrogen-bond donors (Lipinski definition) is 1. The average Bonchev–Trinajstić information content (AvgIpc) is 2.99. The molecule has 0 bridgehead atoms. The van der Waals surface area contributed by atoms with Crippen LogP contribution in [-0.2, 0) is 22.4 Å². The highest BCUT2D eigenvalue weighted by atomic mass is 16.2. The molecule has 0 saturated carbocycles. The predicted octanol–water partition coefficient (Wildman–Crippen LogP) is 3.62. The molecule has 1 aliphatic carbocycles. The first-order valence-electron chi connectivity index (χ1n) is 10.9. The Hall–Kier alpha value is -2.95. The molecule has 2 amide bonds. The van der Waals surface area contributed by atoms with E-state index in [9.17, 15) is 14.4 Å². The number of hydrogen-bond acceptors (Lipinski definition) is 3. The van der Waals surface area contributed by atoms with E-state index >= 15 is 0 Å². The van der Waals surface area contributed by atoms with Crippen molar-refractivity contribution < 1.29 is 14.4 Å². The summed E-state index contributed by atoms with van der Waals surface area (Å²) in [5.74, 6) is -0.118. The van der Waals surface area contributed by atoms with Crippen LogP contribution in [0.2, 0.25) is 0 Å². The lowest BCUT2D eigenvalue weighted by atomic mass is 9.89. The summed E-state index contributed by atoms with van der Waals surface area (Å²) in [6.45, 7) is 0.893. The number of nitrogens with zero attached hydrogens (tertiary/aromatic N) is 1. The van der Waals surface area contributed by atoms with Crippen molar-refractivity contribution in [1.29, 1.82) is 0 Å². The molecule has 1 heterocycles. The Morgan fingerprint density at radius 1 is 0.967 bits per heavy atom. The second-order valence-corrected chi connectivity index (χ2v) is 8.18. The lowest BCUT2D eigenvalue weighted by molar-refractivity contribution is -0.133. The van der Waals surface area contributed by atoms with E-state index in [4.69, 9.17) is 0 Å². The van der Waals surface area contributed by atoms with Gasteiger partial charge in [0.1, 0.15) is 0 Å². The van der Waals surface area contributed by atoms with E-state index in [0.717, 1.165) is 18.4 Å². The van der Waals surface area contributed by atoms with Gasteiger partial charge in [0.15, 0.2) is 5.78 Å². The van der Waals surface area contributed by atoms with E-state index in [1.165, 1.54) is 24.0 Å². The van der Waals surface area contributed by atoms with E-state index in [1.54, 1.807) is 4.90 Å². The number of benzene rings is 2. The summed E-state index contributed by atoms with van der Waals surface area (Å²) in [5, 5.41) is 2.85. The first-order valence-corrected chi connectivity index (χ1v) is 10.9. The standard InChI is InChI=1S/C25H28N2O3/c28-23(21-11-10-18-6-4-5-9-20(18)16-21)12-13-25(30)27-15-14-26-24(29)17-22(27)19-7-2-1-3-8-19/h1-3,7-8,10-11,16,22H,4-6,9,12-15,17H2,(H,26,29). The van der Waals surface area contributed by atoms with Crippen LogP contribution in [0, 0.1) is 0 Å². The Morgan fingerprint density at radius 2 is 1.73 bits per heavy atom. The van der Waals surface area contributed by atoms with E-state index in [1.807, 2.05) is 42.5 Å². The highest BCUT2D eigenvalue weighted by Crippen LogP contribution is 2.27. The summed E-state index contributed by atoms with van der Waals surface area (Å²) < 4.78 is 0. The number of ketones is 1. The number of rotatable bonds is 5. The first-order chi connectivity index (χ1) is 14.6. The van der Waals surface area contributed by atoms with Crippen LogP contribution >= 0.6 is 0 Å². The van der Waals surface area contributed by atoms with Crippen LogP contribution in [0.1, 0.15) is 65.2 Å². The molecular weight excluding hydrogens is 376 g/mol. The van der Waals surface area contributed by atoms with Gasteiger partial charge in [-0.05, 0) is 48.4 Å². The number of carbonyl (C=O) groups is 3. The van der Waals surface area contributed by atoms with Crippen molar-refractivity contribution in [2.24, 2.45) is 0 Å². The van der Waals surface area contributed by atoms with Gasteiger partial charge in [0.05, 0.1) is 12.5 Å². The fraction of sp³-hybridized carbons (Fsp3) is 0.400. The van der Waals surface area contributed by atoms with Gasteiger partial charge >= 0.3 is 0 Å². The Bertz CT molecular complexity index is 939. The molecule has 2 aromatic carbocycles. The minimum atomic E-state index is -0.292. The van der Waals surface area contributed by atoms with Gasteiger partial charge in [-0.1, -0.05) is 42.5 Å². The van der Waals surface area contributed by atoms with E-state index in [0.29, 0.717) is 18.7 Å². The molecule has 2 aliphatic rings. The van der Waals surface area contributed by atoms with Crippen molar-refractivity contribution in [3.8, 4) is 0 Å². The summed E-state index contributed by atoms with van der Waals surface area (Å²) in [7, 11) is 0. The number of aryl methyl sites for hydroxylation is 2. The summed E-state index contributed by atoms with van der Waals surface area (Å²) in [5.41, 5.74) is 4.28. The summed E-state index contributed by atoms with van der Waals surface area (Å²) in [4.78, 5) is 39.7. The van der Waals surface area contributed by atoms with Crippen LogP contribution in [-0.4, -0.2) is 35.6 Å². The molecule has 1 saturated heterocycles. The normalized spacial score (nSPS) is 18.9. The van der Waals surface area contributed by atoms with E-state index < -0.39 is 0 Å². The number of Topliss-reactive ketones (excluding diaryl/α,β-unsaturated/α-hetero) is 1. The van der Waals surface area contributed by atoms with Crippen LogP contribution in [0.3, 0.4) is 0 Å². The van der Waals surface area contributed by atoms with Gasteiger partial charge in [-0.25, -0.2) is 0 Å². The zero-order chi connectivity index (χ0) is 20.9. The molecule has 156 valence electrons. The monoisotopic (exact) mass is 404 g/mol. The molecule has 2 aromatic rings. The zero-order valence-corrected chi connectivity index (χ0v) is 17.2. The Morgan fingerprint density at radius 3 is 2.53 bits per heavy atom. The first kappa shape index (κ1) is 20.3. The lowest BCUT2D eigenvalue weighted by Crippen LogP contribution is -2.36. The maximum Gasteiger partial charge on any atom is 0.223 e. The molecule has 1 N–H and O–H groups in total. The topological polar surface area (TPSA) is 66.5 Å². The van der Waals surface area contributed by atoms with Gasteiger partial charge < -0.3 is 10.2 Å². The molecule has 5 heteroatoms. The summed E-state index contributed by atoms with van der Waals surface area (Å²) >= 11 is 0. The van der Waals surface area contributed by atoms with Crippen LogP contribution in [0.5, 0.6) is 0 Å². The number of amides is 2. The molecule has 4 rings (SSSR count). The largest absolute Gasteiger partial charge is 0.354 e. The van der Waals surface area contributed by atoms with Gasteiger partial charge in [0.25, 0.3) is 0 Å². The van der Waals surface area contributed by atoms with E-state index in [2.05, 4.69) is 11.4 Å². The smallest absolute Gasteiger partial charge is 0.223 e. The zero-order valence-electron chi connectivity index (χ0n) is 17.2. The molecule has 1 unspecified atom stereocenters. The summed E-state index contributed by atoms with van der Waals surface area (Å²) in [6, 6.07) is 15.3. The van der Waals surface area contributed by atoms with Crippen molar-refractivity contribution >= 4 is 17.6 Å². The van der Waals surface area contributed by atoms with Gasteiger partial charge in [-0.15, -0.1) is 0 Å². The highest BCUT2D eigenvalue weighted by molar-refractivity contribution is 5.98. The van der Waals surface area contributed by atoms with Crippen molar-refractivity contribution in [1.82, 2.24) is 10.2 Å². The van der Waals surface area contributed by atoms with Crippen LogP contribution in [0.15, 0.2) is 48.5 Å². The third-order valence-corrected chi connectivity index (χ3v) is 6.17. The molecule has 30 heavy (non-hydrogen) atoms. The molecular formula is C25H28N2O3. The molecule has 5 nitrogen and oxygen atoms in total. The molecule has 1 aliphatic heterocycles. The predicted molar refractivity (Wildman–Crippen MR) is 115 cm³/mol.